The van der Waals surface area contributed by atoms with Gasteiger partial charge in [0.05, 0.1) is 10.7 Å². The molecule has 0 unspecified atom stereocenters. The predicted octanol–water partition coefficient (Wildman–Crippen LogP) is 2.56. The normalized spacial score (nSPS) is 14.3. The number of thioether (sulfide) groups is 1. The quantitative estimate of drug-likeness (QED) is 0.456. The van der Waals surface area contributed by atoms with Crippen LogP contribution in [-0.4, -0.2) is 6.54 Å². The first-order valence-corrected chi connectivity index (χ1v) is 9.83. The van der Waals surface area contributed by atoms with Crippen LogP contribution in [0, 0.1) is 6.92 Å². The van der Waals surface area contributed by atoms with Crippen LogP contribution in [0.3, 0.4) is 0 Å². The zero-order valence-corrected chi connectivity index (χ0v) is 18.1. The zero-order valence-electron chi connectivity index (χ0n) is 15.7. The Morgan fingerprint density at radius 2 is 1.93 bits per heavy atom. The Kier molecular flexibility index (Phi) is 6.08. The summed E-state index contributed by atoms with van der Waals surface area (Å²) in [5, 5.41) is 2.54. The van der Waals surface area contributed by atoms with Crippen molar-refractivity contribution >= 4 is 34.4 Å². The Bertz CT molecular complexity index is 1030. The van der Waals surface area contributed by atoms with Crippen molar-refractivity contribution in [2.24, 2.45) is 0 Å². The number of hydrogen-bond acceptors (Lipinski definition) is 2. The molecule has 0 saturated heterocycles. The van der Waals surface area contributed by atoms with Gasteiger partial charge in [0, 0.05) is 35.0 Å². The number of halogens is 1. The van der Waals surface area contributed by atoms with E-state index in [2.05, 4.69) is 90.6 Å². The molecule has 1 aliphatic heterocycles. The monoisotopic (exact) mass is 438 g/mol. The molecule has 0 atom stereocenters. The lowest BCUT2D eigenvalue weighted by Gasteiger charge is -2.18. The molecule has 1 aliphatic rings. The summed E-state index contributed by atoms with van der Waals surface area (Å²) in [5.41, 5.74) is 5.07. The fraction of sp³-hybridized carbons (Fsp3) is 0.174. The van der Waals surface area contributed by atoms with Crippen LogP contribution in [0.2, 0.25) is 0 Å². The molecule has 0 spiro atoms. The second-order valence-corrected chi connectivity index (χ2v) is 7.58. The molecule has 138 valence electrons. The molecule has 1 aromatic heterocycles. The number of hydrogen-bond donors (Lipinski definition) is 0. The first kappa shape index (κ1) is 19.7. The SMILES string of the molecule is C=CCN1/C(=C/c2ccc3cc(C)ccc3[n+]2CC)Sc2ccccc21.[Br-]. The summed E-state index contributed by atoms with van der Waals surface area (Å²) < 4.78 is 2.39. The molecule has 0 N–H and O–H groups in total. The highest BCUT2D eigenvalue weighted by Crippen LogP contribution is 2.46. The zero-order chi connectivity index (χ0) is 18.1. The fourth-order valence-electron chi connectivity index (χ4n) is 3.54. The van der Waals surface area contributed by atoms with Crippen LogP contribution >= 0.6 is 11.8 Å². The molecule has 0 fully saturated rings. The molecule has 0 aliphatic carbocycles. The molecule has 3 aromatic rings. The number of aryl methyl sites for hydroxylation is 2. The molecule has 4 heteroatoms. The minimum atomic E-state index is 0. The van der Waals surface area contributed by atoms with E-state index >= 15 is 0 Å². The van der Waals surface area contributed by atoms with E-state index in [-0.39, 0.29) is 17.0 Å². The summed E-state index contributed by atoms with van der Waals surface area (Å²) >= 11 is 1.83. The molecule has 0 saturated carbocycles. The molecule has 4 rings (SSSR count). The fourth-order valence-corrected chi connectivity index (χ4v) is 4.66. The maximum Gasteiger partial charge on any atom is 0.212 e. The van der Waals surface area contributed by atoms with Gasteiger partial charge in [-0.1, -0.05) is 41.6 Å². The predicted molar refractivity (Wildman–Crippen MR) is 112 cm³/mol. The molecule has 0 amide bonds. The van der Waals surface area contributed by atoms with Crippen LogP contribution in [0.1, 0.15) is 18.2 Å². The van der Waals surface area contributed by atoms with E-state index in [0.717, 1.165) is 13.1 Å². The van der Waals surface area contributed by atoms with Crippen LogP contribution in [-0.2, 0) is 6.54 Å². The Balaban J connectivity index is 0.00000210. The van der Waals surface area contributed by atoms with Crippen LogP contribution in [0.15, 0.2) is 77.2 Å². The average molecular weight is 439 g/mol. The Hall–Kier alpha value is -2.04. The van der Waals surface area contributed by atoms with Gasteiger partial charge in [-0.2, -0.15) is 4.57 Å². The van der Waals surface area contributed by atoms with Gasteiger partial charge in [-0.15, -0.1) is 6.58 Å². The molecule has 2 heterocycles. The maximum absolute atomic E-state index is 3.94. The van der Waals surface area contributed by atoms with Crippen LogP contribution < -0.4 is 26.4 Å². The number of fused-ring (bicyclic) bond motifs is 2. The molecular weight excluding hydrogens is 416 g/mol. The lowest BCUT2D eigenvalue weighted by molar-refractivity contribution is -0.669. The van der Waals surface area contributed by atoms with E-state index in [9.17, 15) is 0 Å². The van der Waals surface area contributed by atoms with Gasteiger partial charge >= 0.3 is 0 Å². The molecule has 2 aromatic carbocycles. The average Bonchev–Trinajstić information content (AvgIpc) is 2.99. The van der Waals surface area contributed by atoms with Crippen molar-refractivity contribution in [3.05, 3.63) is 83.5 Å². The first-order chi connectivity index (χ1) is 12.7. The minimum Gasteiger partial charge on any atom is -1.00 e. The van der Waals surface area contributed by atoms with Crippen molar-refractivity contribution in [3.8, 4) is 0 Å². The highest BCUT2D eigenvalue weighted by atomic mass is 79.9. The Morgan fingerprint density at radius 3 is 2.70 bits per heavy atom. The lowest BCUT2D eigenvalue weighted by atomic mass is 10.1. The van der Waals surface area contributed by atoms with Crippen molar-refractivity contribution in [1.82, 2.24) is 0 Å². The number of anilines is 1. The summed E-state index contributed by atoms with van der Waals surface area (Å²) in [6.07, 6.45) is 4.27. The maximum atomic E-state index is 3.94. The van der Waals surface area contributed by atoms with Gasteiger partial charge in [0.1, 0.15) is 6.54 Å². The summed E-state index contributed by atoms with van der Waals surface area (Å²) in [6, 6.07) is 19.7. The molecule has 27 heavy (non-hydrogen) atoms. The molecular formula is C23H23BrN2S. The van der Waals surface area contributed by atoms with Gasteiger partial charge in [-0.3, -0.25) is 0 Å². The van der Waals surface area contributed by atoms with Gasteiger partial charge in [0.15, 0.2) is 0 Å². The molecule has 0 bridgehead atoms. The van der Waals surface area contributed by atoms with Gasteiger partial charge < -0.3 is 21.9 Å². The third-order valence-electron chi connectivity index (χ3n) is 4.76. The van der Waals surface area contributed by atoms with Crippen molar-refractivity contribution in [2.45, 2.75) is 25.3 Å². The smallest absolute Gasteiger partial charge is 0.212 e. The first-order valence-electron chi connectivity index (χ1n) is 9.01. The van der Waals surface area contributed by atoms with Crippen molar-refractivity contribution in [3.63, 3.8) is 0 Å². The van der Waals surface area contributed by atoms with E-state index < -0.39 is 0 Å². The van der Waals surface area contributed by atoms with Crippen LogP contribution in [0.5, 0.6) is 0 Å². The van der Waals surface area contributed by atoms with Crippen molar-refractivity contribution in [1.29, 1.82) is 0 Å². The topological polar surface area (TPSA) is 7.12 Å². The largest absolute Gasteiger partial charge is 1.00 e. The summed E-state index contributed by atoms with van der Waals surface area (Å²) in [7, 11) is 0. The second-order valence-electron chi connectivity index (χ2n) is 6.52. The third-order valence-corrected chi connectivity index (χ3v) is 5.87. The molecule has 0 radical (unpaired) electrons. The third kappa shape index (κ3) is 3.69. The Labute approximate surface area is 176 Å². The summed E-state index contributed by atoms with van der Waals surface area (Å²) in [4.78, 5) is 3.65. The van der Waals surface area contributed by atoms with Gasteiger partial charge in [-0.25, -0.2) is 0 Å². The number of rotatable bonds is 4. The van der Waals surface area contributed by atoms with E-state index in [0.29, 0.717) is 0 Å². The highest BCUT2D eigenvalue weighted by molar-refractivity contribution is 8.03. The van der Waals surface area contributed by atoms with Gasteiger partial charge in [0.25, 0.3) is 0 Å². The number of para-hydroxylation sites is 1. The number of benzene rings is 2. The standard InChI is InChI=1S/C23H23N2S.BrH/c1-4-14-25-21-8-6-7-9-22(21)26-23(25)16-19-12-11-18-15-17(3)10-13-20(18)24(19)5-2;/h4,6-13,15-16H,1,5,14H2,2-3H3;1H/q+1;/p-1. The van der Waals surface area contributed by atoms with Crippen LogP contribution in [0.25, 0.3) is 17.0 Å². The highest BCUT2D eigenvalue weighted by Gasteiger charge is 2.25. The number of nitrogens with zero attached hydrogens (tertiary/aromatic N) is 2. The number of aromatic nitrogens is 1. The van der Waals surface area contributed by atoms with Crippen molar-refractivity contribution < 1.29 is 21.5 Å². The van der Waals surface area contributed by atoms with E-state index in [1.807, 2.05) is 17.8 Å². The van der Waals surface area contributed by atoms with Crippen molar-refractivity contribution in [2.75, 3.05) is 11.4 Å². The van der Waals surface area contributed by atoms with Gasteiger partial charge in [-0.05, 0) is 38.1 Å². The van der Waals surface area contributed by atoms with Gasteiger partial charge in [0.2, 0.25) is 11.2 Å². The lowest BCUT2D eigenvalue weighted by Crippen LogP contribution is -3.00. The second kappa shape index (κ2) is 8.32. The Morgan fingerprint density at radius 1 is 1.11 bits per heavy atom. The summed E-state index contributed by atoms with van der Waals surface area (Å²) in [6.45, 7) is 10.0. The van der Waals surface area contributed by atoms with E-state index in [1.54, 1.807) is 0 Å². The van der Waals surface area contributed by atoms with Crippen LogP contribution in [0.4, 0.5) is 5.69 Å². The number of pyridine rings is 1. The molecule has 2 nitrogen and oxygen atoms in total. The minimum absolute atomic E-state index is 0. The van der Waals surface area contributed by atoms with E-state index in [4.69, 9.17) is 0 Å². The summed E-state index contributed by atoms with van der Waals surface area (Å²) in [5.74, 6) is 0. The van der Waals surface area contributed by atoms with E-state index in [1.165, 1.54) is 37.8 Å².